The zero-order valence-electron chi connectivity index (χ0n) is 17.6. The summed E-state index contributed by atoms with van der Waals surface area (Å²) in [6.45, 7) is 1.52. The predicted molar refractivity (Wildman–Crippen MR) is 128 cm³/mol. The number of carbonyl (C=O) groups excluding carboxylic acids is 1. The number of thioether (sulfide) groups is 1. The van der Waals surface area contributed by atoms with Crippen LogP contribution < -0.4 is 5.73 Å². The Bertz CT molecular complexity index is 1310. The van der Waals surface area contributed by atoms with Crippen LogP contribution in [0.1, 0.15) is 24.6 Å². The Hall–Kier alpha value is -3.26. The number of anilines is 1. The van der Waals surface area contributed by atoms with Crippen molar-refractivity contribution in [2.24, 2.45) is 5.92 Å². The lowest BCUT2D eigenvalue weighted by molar-refractivity contribution is -0.134. The van der Waals surface area contributed by atoms with Gasteiger partial charge >= 0.3 is 0 Å². The molecule has 0 spiro atoms. The third-order valence-electron chi connectivity index (χ3n) is 6.57. The summed E-state index contributed by atoms with van der Waals surface area (Å²) < 4.78 is 2.08. The van der Waals surface area contributed by atoms with E-state index >= 15 is 0 Å². The van der Waals surface area contributed by atoms with Crippen LogP contribution in [0.15, 0.2) is 54.2 Å². The Labute approximate surface area is 189 Å². The van der Waals surface area contributed by atoms with Crippen LogP contribution in [0.2, 0.25) is 0 Å². The molecule has 1 fully saturated rings. The first kappa shape index (κ1) is 19.4. The topological polar surface area (TPSA) is 92.3 Å². The minimum Gasteiger partial charge on any atom is -0.382 e. The molecular formula is C24H24N6OS. The zero-order valence-corrected chi connectivity index (χ0v) is 18.4. The number of nitrogen functional groups attached to an aromatic ring is 1. The zero-order chi connectivity index (χ0) is 21.7. The molecule has 3 N–H and O–H groups in total. The van der Waals surface area contributed by atoms with E-state index in [1.54, 1.807) is 18.0 Å². The molecule has 0 radical (unpaired) electrons. The smallest absolute Gasteiger partial charge is 0.230 e. The Morgan fingerprint density at radius 1 is 1.22 bits per heavy atom. The average Bonchev–Trinajstić information content (AvgIpc) is 3.57. The molecule has 32 heavy (non-hydrogen) atoms. The number of likely N-dealkylation sites (tertiary alicyclic amines) is 1. The third-order valence-corrected chi connectivity index (χ3v) is 7.47. The van der Waals surface area contributed by atoms with Crippen LogP contribution in [0.4, 0.5) is 5.82 Å². The van der Waals surface area contributed by atoms with Crippen LogP contribution in [-0.2, 0) is 4.79 Å². The molecule has 4 aromatic rings. The number of nitrogens with zero attached hydrogens (tertiary/aromatic N) is 4. The number of benzene rings is 1. The second-order valence-corrected chi connectivity index (χ2v) is 9.43. The summed E-state index contributed by atoms with van der Waals surface area (Å²) in [5, 5.41) is 3.18. The van der Waals surface area contributed by atoms with E-state index in [0.717, 1.165) is 65.3 Å². The fourth-order valence-corrected chi connectivity index (χ4v) is 5.75. The summed E-state index contributed by atoms with van der Waals surface area (Å²) in [5.41, 5.74) is 9.98. The highest BCUT2D eigenvalue weighted by atomic mass is 32.2. The van der Waals surface area contributed by atoms with Gasteiger partial charge in [-0.2, -0.15) is 0 Å². The van der Waals surface area contributed by atoms with E-state index in [9.17, 15) is 4.79 Å². The first-order chi connectivity index (χ1) is 15.7. The lowest BCUT2D eigenvalue weighted by Gasteiger charge is -2.32. The maximum atomic E-state index is 12.8. The summed E-state index contributed by atoms with van der Waals surface area (Å²) in [4.78, 5) is 27.7. The number of aromatic amines is 1. The van der Waals surface area contributed by atoms with Gasteiger partial charge in [-0.15, -0.1) is 11.8 Å². The number of fused-ring (bicyclic) bond motifs is 2. The molecule has 0 aliphatic carbocycles. The number of piperidine rings is 1. The van der Waals surface area contributed by atoms with Gasteiger partial charge < -0.3 is 15.6 Å². The van der Waals surface area contributed by atoms with Crippen LogP contribution in [-0.4, -0.2) is 49.0 Å². The lowest BCUT2D eigenvalue weighted by atomic mass is 9.95. The van der Waals surface area contributed by atoms with Crippen LogP contribution in [0.25, 0.3) is 27.8 Å². The molecule has 7 nitrogen and oxygen atoms in total. The van der Waals surface area contributed by atoms with E-state index in [4.69, 9.17) is 10.7 Å². The molecule has 0 bridgehead atoms. The number of imidazole rings is 1. The van der Waals surface area contributed by atoms with Crippen LogP contribution >= 0.6 is 11.8 Å². The fourth-order valence-electron chi connectivity index (χ4n) is 4.88. The van der Waals surface area contributed by atoms with Crippen molar-refractivity contribution in [2.45, 2.75) is 18.8 Å². The van der Waals surface area contributed by atoms with E-state index in [2.05, 4.69) is 32.6 Å². The predicted octanol–water partition coefficient (Wildman–Crippen LogP) is 4.04. The van der Waals surface area contributed by atoms with Crippen molar-refractivity contribution < 1.29 is 4.79 Å². The van der Waals surface area contributed by atoms with Crippen LogP contribution in [0, 0.1) is 5.92 Å². The summed E-state index contributed by atoms with van der Waals surface area (Å²) in [6.07, 6.45) is 7.48. The lowest BCUT2D eigenvalue weighted by Crippen LogP contribution is -2.41. The molecule has 1 saturated heterocycles. The van der Waals surface area contributed by atoms with Gasteiger partial charge in [0.15, 0.2) is 0 Å². The highest BCUT2D eigenvalue weighted by molar-refractivity contribution is 8.02. The Balaban J connectivity index is 1.33. The number of amides is 1. The van der Waals surface area contributed by atoms with Gasteiger partial charge in [-0.25, -0.2) is 9.97 Å². The number of rotatable bonds is 3. The second-order valence-electron chi connectivity index (χ2n) is 8.49. The van der Waals surface area contributed by atoms with Crippen molar-refractivity contribution in [3.05, 3.63) is 60.0 Å². The van der Waals surface area contributed by atoms with Crippen molar-refractivity contribution in [3.8, 4) is 11.4 Å². The number of nitrogens with one attached hydrogen (secondary N) is 1. The Kier molecular flexibility index (Phi) is 4.68. The number of carbonyl (C=O) groups is 1. The van der Waals surface area contributed by atoms with Crippen molar-refractivity contribution in [2.75, 3.05) is 24.6 Å². The SMILES string of the molecule is Nc1nccn2c(C3CCN(C(=O)C4C=CSC4)CC3)nc(-c3cc4ccccc4[nH]3)c12. The van der Waals surface area contributed by atoms with E-state index < -0.39 is 0 Å². The van der Waals surface area contributed by atoms with Gasteiger partial charge in [0.25, 0.3) is 0 Å². The average molecular weight is 445 g/mol. The third kappa shape index (κ3) is 3.17. The molecule has 8 heteroatoms. The van der Waals surface area contributed by atoms with Gasteiger partial charge in [-0.1, -0.05) is 24.3 Å². The van der Waals surface area contributed by atoms with Crippen LogP contribution in [0.3, 0.4) is 0 Å². The van der Waals surface area contributed by atoms with E-state index in [0.29, 0.717) is 5.82 Å². The number of H-pyrrole nitrogens is 1. The standard InChI is InChI=1S/C24H24N6OS/c25-22-21-20(19-13-16-3-1-2-4-18(16)27-19)28-23(30(21)11-8-26-22)15-5-9-29(10-6-15)24(31)17-7-12-32-14-17/h1-4,7-8,11-13,15,17,27H,5-6,9-10,14H2,(H2,25,26). The molecule has 1 atom stereocenters. The van der Waals surface area contributed by atoms with Crippen LogP contribution in [0.5, 0.6) is 0 Å². The minimum absolute atomic E-state index is 0.0308. The van der Waals surface area contributed by atoms with Gasteiger partial charge in [0.2, 0.25) is 5.91 Å². The van der Waals surface area contributed by atoms with Gasteiger partial charge in [0, 0.05) is 48.1 Å². The molecule has 1 aromatic carbocycles. The number of nitrogens with two attached hydrogens (primary N) is 1. The largest absolute Gasteiger partial charge is 0.382 e. The molecule has 2 aliphatic rings. The summed E-state index contributed by atoms with van der Waals surface area (Å²) in [6, 6.07) is 10.3. The fraction of sp³-hybridized carbons (Fsp3) is 0.292. The number of para-hydroxylation sites is 1. The minimum atomic E-state index is 0.0308. The molecule has 5 heterocycles. The summed E-state index contributed by atoms with van der Waals surface area (Å²) in [5.74, 6) is 2.88. The van der Waals surface area contributed by atoms with E-state index in [1.165, 1.54) is 0 Å². The monoisotopic (exact) mass is 444 g/mol. The van der Waals surface area contributed by atoms with E-state index in [1.807, 2.05) is 34.7 Å². The molecule has 3 aromatic heterocycles. The number of hydrogen-bond donors (Lipinski definition) is 2. The molecule has 1 amide bonds. The second kappa shape index (κ2) is 7.70. The van der Waals surface area contributed by atoms with Gasteiger partial charge in [0.1, 0.15) is 22.9 Å². The normalized spacial score (nSPS) is 19.4. The first-order valence-corrected chi connectivity index (χ1v) is 12.0. The maximum absolute atomic E-state index is 12.8. The van der Waals surface area contributed by atoms with Gasteiger partial charge in [-0.3, -0.25) is 9.20 Å². The summed E-state index contributed by atoms with van der Waals surface area (Å²) >= 11 is 1.71. The number of aromatic nitrogens is 4. The quantitative estimate of drug-likeness (QED) is 0.497. The molecule has 162 valence electrons. The molecule has 0 saturated carbocycles. The maximum Gasteiger partial charge on any atom is 0.230 e. The highest BCUT2D eigenvalue weighted by Crippen LogP contribution is 2.35. The molecular weight excluding hydrogens is 420 g/mol. The van der Waals surface area contributed by atoms with Crippen molar-refractivity contribution in [1.82, 2.24) is 24.3 Å². The Morgan fingerprint density at radius 2 is 2.06 bits per heavy atom. The molecule has 6 rings (SSSR count). The van der Waals surface area contributed by atoms with Crippen molar-refractivity contribution in [1.29, 1.82) is 0 Å². The van der Waals surface area contributed by atoms with Gasteiger partial charge in [0.05, 0.1) is 11.6 Å². The molecule has 1 unspecified atom stereocenters. The Morgan fingerprint density at radius 3 is 2.84 bits per heavy atom. The van der Waals surface area contributed by atoms with Crippen molar-refractivity contribution >= 4 is 39.9 Å². The van der Waals surface area contributed by atoms with Crippen molar-refractivity contribution in [3.63, 3.8) is 0 Å². The molecule has 2 aliphatic heterocycles. The van der Waals surface area contributed by atoms with Gasteiger partial charge in [-0.05, 0) is 30.4 Å². The first-order valence-electron chi connectivity index (χ1n) is 11.0. The highest BCUT2D eigenvalue weighted by Gasteiger charge is 2.31. The summed E-state index contributed by atoms with van der Waals surface area (Å²) in [7, 11) is 0. The number of hydrogen-bond acceptors (Lipinski definition) is 5. The van der Waals surface area contributed by atoms with E-state index in [-0.39, 0.29) is 17.7 Å².